The molecule has 0 unspecified atom stereocenters. The average Bonchev–Trinajstić information content (AvgIpc) is 3.32. The Labute approximate surface area is 157 Å². The Hall–Kier alpha value is -2.21. The van der Waals surface area contributed by atoms with E-state index in [0.717, 1.165) is 18.4 Å². The van der Waals surface area contributed by atoms with Crippen molar-refractivity contribution in [3.8, 4) is 0 Å². The fourth-order valence-electron chi connectivity index (χ4n) is 3.36. The first-order valence-electron chi connectivity index (χ1n) is 8.96. The Morgan fingerprint density at radius 2 is 2.00 bits per heavy atom. The van der Waals surface area contributed by atoms with Gasteiger partial charge in [0.1, 0.15) is 5.82 Å². The maximum Gasteiger partial charge on any atom is 0.263 e. The highest BCUT2D eigenvalue weighted by molar-refractivity contribution is 7.12. The van der Waals surface area contributed by atoms with Crippen LogP contribution in [-0.2, 0) is 4.79 Å². The van der Waals surface area contributed by atoms with Crippen LogP contribution in [0.4, 0.5) is 4.39 Å². The predicted octanol–water partition coefficient (Wildman–Crippen LogP) is 3.66. The minimum absolute atomic E-state index is 0.0331. The number of nitrogens with zero attached hydrogens (tertiary/aromatic N) is 1. The third kappa shape index (κ3) is 4.12. The first kappa shape index (κ1) is 18.6. The van der Waals surface area contributed by atoms with E-state index in [0.29, 0.717) is 24.5 Å². The number of carbonyl (C=O) groups excluding carboxylic acids is 2. The molecule has 1 aromatic heterocycles. The molecule has 26 heavy (non-hydrogen) atoms. The molecule has 3 rings (SSSR count). The zero-order valence-corrected chi connectivity index (χ0v) is 15.6. The van der Waals surface area contributed by atoms with Crippen molar-refractivity contribution in [2.24, 2.45) is 5.92 Å². The first-order chi connectivity index (χ1) is 12.6. The van der Waals surface area contributed by atoms with E-state index < -0.39 is 0 Å². The summed E-state index contributed by atoms with van der Waals surface area (Å²) in [6.07, 6.45) is 1.94. The number of benzene rings is 1. The van der Waals surface area contributed by atoms with Crippen molar-refractivity contribution in [3.05, 3.63) is 58.0 Å². The van der Waals surface area contributed by atoms with Crippen LogP contribution in [0.5, 0.6) is 0 Å². The highest BCUT2D eigenvalue weighted by Crippen LogP contribution is 2.34. The quantitative estimate of drug-likeness (QED) is 0.785. The van der Waals surface area contributed by atoms with Gasteiger partial charge in [0, 0.05) is 25.6 Å². The Bertz CT molecular complexity index is 746. The minimum Gasteiger partial charge on any atom is -0.356 e. The fraction of sp³-hybridized carbons (Fsp3) is 0.400. The number of hydrogen-bond donors (Lipinski definition) is 1. The molecule has 0 aliphatic carbocycles. The molecule has 1 aliphatic heterocycles. The zero-order chi connectivity index (χ0) is 18.5. The van der Waals surface area contributed by atoms with Crippen LogP contribution < -0.4 is 5.32 Å². The molecule has 1 aromatic carbocycles. The van der Waals surface area contributed by atoms with Crippen LogP contribution in [0.25, 0.3) is 0 Å². The van der Waals surface area contributed by atoms with Crippen LogP contribution in [0.1, 0.15) is 40.9 Å². The normalized spacial score (nSPS) is 19.5. The summed E-state index contributed by atoms with van der Waals surface area (Å²) >= 11 is 1.40. The van der Waals surface area contributed by atoms with Gasteiger partial charge in [0.15, 0.2) is 0 Å². The predicted molar refractivity (Wildman–Crippen MR) is 101 cm³/mol. The Kier molecular flexibility index (Phi) is 6.04. The number of thiophene rings is 1. The Morgan fingerprint density at radius 3 is 2.65 bits per heavy atom. The smallest absolute Gasteiger partial charge is 0.263 e. The molecule has 138 valence electrons. The van der Waals surface area contributed by atoms with Crippen molar-refractivity contribution in [1.29, 1.82) is 0 Å². The van der Waals surface area contributed by atoms with E-state index in [-0.39, 0.29) is 29.5 Å². The maximum absolute atomic E-state index is 13.3. The van der Waals surface area contributed by atoms with Gasteiger partial charge in [-0.1, -0.05) is 31.5 Å². The van der Waals surface area contributed by atoms with Crippen molar-refractivity contribution < 1.29 is 14.0 Å². The van der Waals surface area contributed by atoms with Crippen LogP contribution >= 0.6 is 11.3 Å². The van der Waals surface area contributed by atoms with Gasteiger partial charge in [-0.05, 0) is 35.6 Å². The number of amides is 2. The number of hydrogen-bond acceptors (Lipinski definition) is 3. The monoisotopic (exact) mass is 374 g/mol. The maximum atomic E-state index is 13.3. The molecule has 1 fully saturated rings. The molecule has 0 spiro atoms. The molecule has 4 nitrogen and oxygen atoms in total. The lowest BCUT2D eigenvalue weighted by atomic mass is 9.88. The summed E-state index contributed by atoms with van der Waals surface area (Å²) < 4.78 is 13.3. The van der Waals surface area contributed by atoms with Crippen molar-refractivity contribution in [3.63, 3.8) is 0 Å². The second-order valence-electron chi connectivity index (χ2n) is 6.60. The van der Waals surface area contributed by atoms with Gasteiger partial charge < -0.3 is 10.2 Å². The van der Waals surface area contributed by atoms with E-state index in [9.17, 15) is 14.0 Å². The van der Waals surface area contributed by atoms with Gasteiger partial charge in [0.2, 0.25) is 5.91 Å². The van der Waals surface area contributed by atoms with Gasteiger partial charge >= 0.3 is 0 Å². The molecular weight excluding hydrogens is 351 g/mol. The molecule has 0 bridgehead atoms. The summed E-state index contributed by atoms with van der Waals surface area (Å²) in [4.78, 5) is 27.8. The van der Waals surface area contributed by atoms with E-state index in [4.69, 9.17) is 0 Å². The molecule has 1 N–H and O–H groups in total. The Morgan fingerprint density at radius 1 is 1.23 bits per heavy atom. The molecule has 6 heteroatoms. The lowest BCUT2D eigenvalue weighted by Gasteiger charge is -2.18. The van der Waals surface area contributed by atoms with E-state index in [2.05, 4.69) is 12.2 Å². The van der Waals surface area contributed by atoms with Crippen molar-refractivity contribution in [2.45, 2.75) is 25.7 Å². The Balaban J connectivity index is 1.79. The van der Waals surface area contributed by atoms with E-state index in [1.807, 2.05) is 11.4 Å². The van der Waals surface area contributed by atoms with Crippen LogP contribution in [0.15, 0.2) is 41.8 Å². The number of nitrogens with one attached hydrogen (secondary N) is 1. The molecule has 1 aliphatic rings. The number of halogens is 1. The van der Waals surface area contributed by atoms with Crippen LogP contribution in [0.2, 0.25) is 0 Å². The zero-order valence-electron chi connectivity index (χ0n) is 14.8. The highest BCUT2D eigenvalue weighted by atomic mass is 32.1. The van der Waals surface area contributed by atoms with Gasteiger partial charge in [0.25, 0.3) is 5.91 Å². The minimum atomic E-state index is -0.318. The topological polar surface area (TPSA) is 49.4 Å². The number of likely N-dealkylation sites (tertiary alicyclic amines) is 1. The van der Waals surface area contributed by atoms with Gasteiger partial charge in [-0.3, -0.25) is 9.59 Å². The van der Waals surface area contributed by atoms with Gasteiger partial charge in [0.05, 0.1) is 10.8 Å². The molecule has 2 aromatic rings. The number of carbonyl (C=O) groups is 2. The first-order valence-corrected chi connectivity index (χ1v) is 9.84. The summed E-state index contributed by atoms with van der Waals surface area (Å²) in [5.41, 5.74) is 0.892. The van der Waals surface area contributed by atoms with Crippen LogP contribution in [-0.4, -0.2) is 36.3 Å². The SMILES string of the molecule is CCCCNC(=O)[C@H]1CN(C(=O)c2cccs2)C[C@H]1c1ccc(F)cc1. The van der Waals surface area contributed by atoms with E-state index in [1.54, 1.807) is 23.1 Å². The lowest BCUT2D eigenvalue weighted by Crippen LogP contribution is -2.36. The average molecular weight is 374 g/mol. The van der Waals surface area contributed by atoms with Crippen LogP contribution in [0, 0.1) is 11.7 Å². The summed E-state index contributed by atoms with van der Waals surface area (Å²) in [6.45, 7) is 3.57. The lowest BCUT2D eigenvalue weighted by molar-refractivity contribution is -0.124. The third-order valence-corrected chi connectivity index (χ3v) is 5.66. The number of rotatable bonds is 6. The molecule has 1 saturated heterocycles. The molecule has 2 heterocycles. The van der Waals surface area contributed by atoms with Gasteiger partial charge in [-0.25, -0.2) is 4.39 Å². The van der Waals surface area contributed by atoms with Crippen molar-refractivity contribution in [1.82, 2.24) is 10.2 Å². The fourth-order valence-corrected chi connectivity index (χ4v) is 4.05. The summed E-state index contributed by atoms with van der Waals surface area (Å²) in [7, 11) is 0. The third-order valence-electron chi connectivity index (χ3n) is 4.80. The summed E-state index contributed by atoms with van der Waals surface area (Å²) in [5.74, 6) is -0.824. The van der Waals surface area contributed by atoms with E-state index >= 15 is 0 Å². The number of unbranched alkanes of at least 4 members (excludes halogenated alkanes) is 1. The largest absolute Gasteiger partial charge is 0.356 e. The van der Waals surface area contributed by atoms with Gasteiger partial charge in [-0.15, -0.1) is 11.3 Å². The summed E-state index contributed by atoms with van der Waals surface area (Å²) in [6, 6.07) is 9.89. The van der Waals surface area contributed by atoms with Crippen LogP contribution in [0.3, 0.4) is 0 Å². The molecule has 2 amide bonds. The van der Waals surface area contributed by atoms with Crippen molar-refractivity contribution in [2.75, 3.05) is 19.6 Å². The molecule has 0 radical (unpaired) electrons. The highest BCUT2D eigenvalue weighted by Gasteiger charge is 2.40. The van der Waals surface area contributed by atoms with Gasteiger partial charge in [-0.2, -0.15) is 0 Å². The summed E-state index contributed by atoms with van der Waals surface area (Å²) in [5, 5.41) is 4.85. The molecule has 2 atom stereocenters. The van der Waals surface area contributed by atoms with Crippen molar-refractivity contribution >= 4 is 23.2 Å². The standard InChI is InChI=1S/C20H23FN2O2S/c1-2-3-10-22-19(24)17-13-23(20(25)18-5-4-11-26-18)12-16(17)14-6-8-15(21)9-7-14/h4-9,11,16-17H,2-3,10,12-13H2,1H3,(H,22,24)/t16-,17-/m0/s1. The van der Waals surface area contributed by atoms with E-state index in [1.165, 1.54) is 23.5 Å². The molecular formula is C20H23FN2O2S. The second-order valence-corrected chi connectivity index (χ2v) is 7.54. The second kappa shape index (κ2) is 8.45. The molecule has 0 saturated carbocycles.